The molecule has 0 saturated heterocycles. The van der Waals surface area contributed by atoms with Crippen LogP contribution in [0.2, 0.25) is 0 Å². The number of nitrogens with zero attached hydrogens (tertiary/aromatic N) is 3. The summed E-state index contributed by atoms with van der Waals surface area (Å²) in [5, 5.41) is 12.2. The number of nitro benzene ring substituents is 1. The number of aromatic nitrogens is 2. The minimum Gasteiger partial charge on any atom is -0.454 e. The second kappa shape index (κ2) is 8.35. The summed E-state index contributed by atoms with van der Waals surface area (Å²) in [5.41, 5.74) is 2.16. The topological polar surface area (TPSA) is 96.5 Å². The van der Waals surface area contributed by atoms with E-state index in [0.717, 1.165) is 11.1 Å². The Bertz CT molecular complexity index is 1400. The molecule has 8 nitrogen and oxygen atoms in total. The van der Waals surface area contributed by atoms with Gasteiger partial charge >= 0.3 is 0 Å². The second-order valence-electron chi connectivity index (χ2n) is 7.21. The van der Waals surface area contributed by atoms with E-state index in [1.54, 1.807) is 22.8 Å². The van der Waals surface area contributed by atoms with E-state index in [1.165, 1.54) is 23.9 Å². The number of benzene rings is 3. The molecule has 3 aromatic carbocycles. The summed E-state index contributed by atoms with van der Waals surface area (Å²) in [7, 11) is 0. The number of hydrogen-bond acceptors (Lipinski definition) is 7. The summed E-state index contributed by atoms with van der Waals surface area (Å²) in [5.74, 6) is 1.77. The number of non-ortho nitro benzene ring substituents is 1. The van der Waals surface area contributed by atoms with Gasteiger partial charge in [-0.05, 0) is 35.4 Å². The maximum Gasteiger partial charge on any atom is 0.269 e. The molecule has 160 valence electrons. The number of nitro groups is 1. The van der Waals surface area contributed by atoms with Gasteiger partial charge in [0.25, 0.3) is 11.2 Å². The summed E-state index contributed by atoms with van der Waals surface area (Å²) in [6.07, 6.45) is 0. The average molecular weight is 447 g/mol. The molecule has 4 aromatic rings. The molecule has 9 heteroatoms. The van der Waals surface area contributed by atoms with Crippen molar-refractivity contribution in [3.8, 4) is 11.5 Å². The zero-order valence-corrected chi connectivity index (χ0v) is 17.6. The first-order valence-corrected chi connectivity index (χ1v) is 10.8. The van der Waals surface area contributed by atoms with E-state index in [2.05, 4.69) is 0 Å². The number of hydrogen-bond donors (Lipinski definition) is 0. The SMILES string of the molecule is O=c1c2ccccc2nc(SCc2cccc([N+](=O)[O-])c2)n1Cc1ccc2c(c1)OCO2. The normalized spacial score (nSPS) is 12.2. The molecule has 0 amide bonds. The summed E-state index contributed by atoms with van der Waals surface area (Å²) < 4.78 is 12.5. The summed E-state index contributed by atoms with van der Waals surface area (Å²) in [4.78, 5) is 28.7. The van der Waals surface area contributed by atoms with Crippen molar-refractivity contribution in [1.82, 2.24) is 9.55 Å². The summed E-state index contributed by atoms with van der Waals surface area (Å²) in [6, 6.07) is 19.3. The summed E-state index contributed by atoms with van der Waals surface area (Å²) >= 11 is 1.37. The molecule has 0 unspecified atom stereocenters. The lowest BCUT2D eigenvalue weighted by molar-refractivity contribution is -0.384. The molecule has 5 rings (SSSR count). The Labute approximate surface area is 186 Å². The van der Waals surface area contributed by atoms with E-state index in [9.17, 15) is 14.9 Å². The van der Waals surface area contributed by atoms with Crippen LogP contribution in [0.5, 0.6) is 11.5 Å². The van der Waals surface area contributed by atoms with Crippen LogP contribution in [0.3, 0.4) is 0 Å². The first kappa shape index (κ1) is 20.1. The van der Waals surface area contributed by atoms with Gasteiger partial charge in [0.2, 0.25) is 6.79 Å². The smallest absolute Gasteiger partial charge is 0.269 e. The van der Waals surface area contributed by atoms with Crippen LogP contribution in [0.25, 0.3) is 10.9 Å². The lowest BCUT2D eigenvalue weighted by Gasteiger charge is -2.13. The minimum absolute atomic E-state index is 0.0346. The molecule has 0 aliphatic carbocycles. The molecule has 1 aliphatic heterocycles. The third-order valence-corrected chi connectivity index (χ3v) is 6.14. The Hall–Kier alpha value is -3.85. The van der Waals surface area contributed by atoms with E-state index < -0.39 is 4.92 Å². The Kier molecular flexibility index (Phi) is 5.24. The van der Waals surface area contributed by atoms with E-state index >= 15 is 0 Å². The Morgan fingerprint density at radius 2 is 1.84 bits per heavy atom. The first-order valence-electron chi connectivity index (χ1n) is 9.83. The fourth-order valence-electron chi connectivity index (χ4n) is 3.53. The van der Waals surface area contributed by atoms with Gasteiger partial charge in [-0.1, -0.05) is 42.1 Å². The van der Waals surface area contributed by atoms with E-state index in [4.69, 9.17) is 14.5 Å². The van der Waals surface area contributed by atoms with E-state index in [0.29, 0.717) is 39.9 Å². The minimum atomic E-state index is -0.419. The molecule has 0 bridgehead atoms. The van der Waals surface area contributed by atoms with Gasteiger partial charge in [0.1, 0.15) is 0 Å². The number of thioether (sulfide) groups is 1. The van der Waals surface area contributed by atoms with Crippen molar-refractivity contribution in [3.05, 3.63) is 98.3 Å². The van der Waals surface area contributed by atoms with E-state index in [1.807, 2.05) is 36.4 Å². The maximum absolute atomic E-state index is 13.3. The average Bonchev–Trinajstić information content (AvgIpc) is 3.28. The van der Waals surface area contributed by atoms with Crippen LogP contribution in [0, 0.1) is 10.1 Å². The van der Waals surface area contributed by atoms with Gasteiger partial charge in [0.05, 0.1) is 22.4 Å². The van der Waals surface area contributed by atoms with Crippen molar-refractivity contribution in [2.45, 2.75) is 17.5 Å². The highest BCUT2D eigenvalue weighted by molar-refractivity contribution is 7.98. The van der Waals surface area contributed by atoms with Gasteiger partial charge in [-0.2, -0.15) is 0 Å². The van der Waals surface area contributed by atoms with Crippen molar-refractivity contribution >= 4 is 28.4 Å². The predicted octanol–water partition coefficient (Wildman–Crippen LogP) is 4.37. The van der Waals surface area contributed by atoms with Crippen LogP contribution in [0.1, 0.15) is 11.1 Å². The molecule has 0 radical (unpaired) electrons. The number of ether oxygens (including phenoxy) is 2. The lowest BCUT2D eigenvalue weighted by atomic mass is 10.2. The molecular formula is C23H17N3O5S. The molecule has 0 N–H and O–H groups in total. The first-order chi connectivity index (χ1) is 15.6. The number of rotatable bonds is 6. The Morgan fingerprint density at radius 1 is 1.00 bits per heavy atom. The zero-order valence-electron chi connectivity index (χ0n) is 16.8. The Balaban J connectivity index is 1.51. The molecule has 0 fully saturated rings. The van der Waals surface area contributed by atoms with Crippen LogP contribution < -0.4 is 15.0 Å². The zero-order chi connectivity index (χ0) is 22.1. The van der Waals surface area contributed by atoms with Crippen molar-refractivity contribution in [3.63, 3.8) is 0 Å². The number of para-hydroxylation sites is 1. The van der Waals surface area contributed by atoms with E-state index in [-0.39, 0.29) is 18.0 Å². The molecule has 0 spiro atoms. The highest BCUT2D eigenvalue weighted by Crippen LogP contribution is 2.33. The quantitative estimate of drug-likeness (QED) is 0.187. The van der Waals surface area contributed by atoms with Crippen LogP contribution in [0.4, 0.5) is 5.69 Å². The van der Waals surface area contributed by atoms with Crippen LogP contribution >= 0.6 is 11.8 Å². The third-order valence-electron chi connectivity index (χ3n) is 5.09. The largest absolute Gasteiger partial charge is 0.454 e. The monoisotopic (exact) mass is 447 g/mol. The highest BCUT2D eigenvalue weighted by Gasteiger charge is 2.16. The van der Waals surface area contributed by atoms with Gasteiger partial charge in [-0.25, -0.2) is 4.98 Å². The van der Waals surface area contributed by atoms with Gasteiger partial charge in [-0.3, -0.25) is 19.5 Å². The van der Waals surface area contributed by atoms with Gasteiger partial charge in [-0.15, -0.1) is 0 Å². The molecule has 32 heavy (non-hydrogen) atoms. The van der Waals surface area contributed by atoms with Gasteiger partial charge in [0.15, 0.2) is 16.7 Å². The summed E-state index contributed by atoms with van der Waals surface area (Å²) in [6.45, 7) is 0.491. The molecule has 2 heterocycles. The molecule has 0 atom stereocenters. The van der Waals surface area contributed by atoms with Gasteiger partial charge in [0, 0.05) is 17.9 Å². The van der Waals surface area contributed by atoms with Crippen LogP contribution in [-0.2, 0) is 12.3 Å². The second-order valence-corrected chi connectivity index (χ2v) is 8.15. The van der Waals surface area contributed by atoms with Crippen molar-refractivity contribution in [1.29, 1.82) is 0 Å². The van der Waals surface area contributed by atoms with Crippen molar-refractivity contribution in [2.75, 3.05) is 6.79 Å². The maximum atomic E-state index is 13.3. The predicted molar refractivity (Wildman–Crippen MR) is 120 cm³/mol. The Morgan fingerprint density at radius 3 is 2.72 bits per heavy atom. The van der Waals surface area contributed by atoms with Crippen LogP contribution in [0.15, 0.2) is 76.7 Å². The van der Waals surface area contributed by atoms with Crippen LogP contribution in [-0.4, -0.2) is 21.3 Å². The standard InChI is InChI=1S/C23H17N3O5S/c27-22-18-6-1-2-7-19(18)24-23(32-13-16-4-3-5-17(10-16)26(28)29)25(22)12-15-8-9-20-21(11-15)31-14-30-20/h1-11H,12-14H2. The molecular weight excluding hydrogens is 430 g/mol. The fraction of sp³-hybridized carbons (Fsp3) is 0.130. The van der Waals surface area contributed by atoms with Gasteiger partial charge < -0.3 is 9.47 Å². The van der Waals surface area contributed by atoms with Crippen molar-refractivity contribution in [2.24, 2.45) is 0 Å². The van der Waals surface area contributed by atoms with Crippen molar-refractivity contribution < 1.29 is 14.4 Å². The molecule has 1 aromatic heterocycles. The lowest BCUT2D eigenvalue weighted by Crippen LogP contribution is -2.24. The number of fused-ring (bicyclic) bond motifs is 2. The molecule has 0 saturated carbocycles. The fourth-order valence-corrected chi connectivity index (χ4v) is 4.47. The highest BCUT2D eigenvalue weighted by atomic mass is 32.2. The molecule has 1 aliphatic rings. The third kappa shape index (κ3) is 3.90.